The van der Waals surface area contributed by atoms with Crippen molar-refractivity contribution in [1.82, 2.24) is 0 Å². The molecule has 0 N–H and O–H groups in total. The summed E-state index contributed by atoms with van der Waals surface area (Å²) in [7, 11) is 0. The van der Waals surface area contributed by atoms with Crippen molar-refractivity contribution >= 4 is 52.4 Å². The third-order valence-corrected chi connectivity index (χ3v) is 0. The molecule has 9 nitrogen and oxygen atoms in total. The van der Waals surface area contributed by atoms with Gasteiger partial charge in [0.25, 0.3) is 0 Å². The first-order chi connectivity index (χ1) is 5.20. The van der Waals surface area contributed by atoms with E-state index in [4.69, 9.17) is 34.1 Å². The molecule has 0 amide bonds. The van der Waals surface area contributed by atoms with E-state index in [0.717, 1.165) is 0 Å². The first kappa shape index (κ1) is 42.8. The van der Waals surface area contributed by atoms with Gasteiger partial charge in [-0.05, 0) is 0 Å². The van der Waals surface area contributed by atoms with E-state index in [2.05, 4.69) is 0 Å². The van der Waals surface area contributed by atoms with Crippen LogP contribution in [0.3, 0.4) is 0 Å². The number of hydrogen-bond acceptors (Lipinski definition) is 9. The van der Waals surface area contributed by atoms with Crippen LogP contribution in [0.2, 0.25) is 0 Å². The molecular formula is Bi2GdO9V3Y. The Balaban J connectivity index is -0.0000000135. The molecule has 16 heavy (non-hydrogen) atoms. The molecule has 0 bridgehead atoms. The summed E-state index contributed by atoms with van der Waals surface area (Å²) in [6, 6.07) is 0. The predicted molar refractivity (Wildman–Crippen MR) is 15.6 cm³/mol. The number of hydrogen-bond donors (Lipinski definition) is 0. The van der Waals surface area contributed by atoms with E-state index < -0.39 is 46.2 Å². The van der Waals surface area contributed by atoms with Crippen LogP contribution in [0.25, 0.3) is 0 Å². The molecule has 0 saturated carbocycles. The molecular weight excluding hydrogens is 961 g/mol. The normalized spacial score (nSPS) is 4.69. The average molecular weight is 961 g/mol. The largest absolute Gasteiger partial charge is 0 e. The average Bonchev–Trinajstić information content (AvgIpc) is 1.54. The van der Waals surface area contributed by atoms with Crippen LogP contribution in [0, 0.1) is 39.9 Å². The summed E-state index contributed by atoms with van der Waals surface area (Å²) in [4.78, 5) is 0. The Morgan fingerprint density at radius 2 is 0.625 bits per heavy atom. The molecule has 0 unspecified atom stereocenters. The van der Waals surface area contributed by atoms with Crippen LogP contribution in [0.15, 0.2) is 0 Å². The van der Waals surface area contributed by atoms with Crippen molar-refractivity contribution in [2.24, 2.45) is 0 Å². The molecule has 0 aromatic heterocycles. The van der Waals surface area contributed by atoms with Gasteiger partial charge in [0.15, 0.2) is 0 Å². The van der Waals surface area contributed by atoms with Crippen molar-refractivity contribution in [3.63, 3.8) is 0 Å². The molecule has 0 rings (SSSR count). The molecule has 0 aliphatic carbocycles. The van der Waals surface area contributed by atoms with Crippen molar-refractivity contribution in [3.05, 3.63) is 0 Å². The van der Waals surface area contributed by atoms with E-state index in [9.17, 15) is 0 Å². The first-order valence-electron chi connectivity index (χ1n) is 1.64. The fourth-order valence-electron chi connectivity index (χ4n) is 0. The molecule has 0 aromatic carbocycles. The molecule has 16 heteroatoms. The van der Waals surface area contributed by atoms with Gasteiger partial charge in [-0.2, -0.15) is 0 Å². The van der Waals surface area contributed by atoms with Gasteiger partial charge in [0.05, 0.1) is 0 Å². The summed E-state index contributed by atoms with van der Waals surface area (Å²) in [6.07, 6.45) is 0. The SMILES string of the molecule is [Bi+3].[Bi].[Gd].[O]=[V](=[O])[O-].[O]=[V](=[O])[O-].[O]=[V](=[O])[O-].[Y]. The monoisotopic (exact) mass is 962 g/mol. The quantitative estimate of drug-likeness (QED) is 0.216. The van der Waals surface area contributed by atoms with Gasteiger partial charge in [0, 0.05) is 98.9 Å². The maximum absolute atomic E-state index is 8.56. The molecule has 0 saturated heterocycles. The van der Waals surface area contributed by atoms with Crippen LogP contribution in [-0.4, -0.2) is 52.4 Å². The Hall–Kier alpha value is 4.63. The third-order valence-electron chi connectivity index (χ3n) is 0. The van der Waals surface area contributed by atoms with Crippen LogP contribution >= 0.6 is 0 Å². The minimum Gasteiger partial charge on any atom is 0 e. The topological polar surface area (TPSA) is 172 Å². The molecule has 6 radical (unpaired) electrons. The van der Waals surface area contributed by atoms with Crippen LogP contribution in [0.1, 0.15) is 0 Å². The fraction of sp³-hybridized carbons (Fsp3) is 0. The molecule has 0 fully saturated rings. The Morgan fingerprint density at radius 3 is 0.625 bits per heavy atom. The molecule has 0 spiro atoms. The first-order valence-corrected chi connectivity index (χ1v) is 6.77. The molecule has 0 heterocycles. The molecule has 0 aromatic rings. The van der Waals surface area contributed by atoms with Crippen molar-refractivity contribution in [1.29, 1.82) is 0 Å². The van der Waals surface area contributed by atoms with Crippen LogP contribution in [0.5, 0.6) is 0 Å². The van der Waals surface area contributed by atoms with E-state index in [-0.39, 0.29) is 125 Å². The van der Waals surface area contributed by atoms with E-state index in [1.54, 1.807) is 0 Å². The van der Waals surface area contributed by atoms with Gasteiger partial charge in [-0.25, -0.2) is 0 Å². The van der Waals surface area contributed by atoms with Gasteiger partial charge >= 0.3 is 107 Å². The Morgan fingerprint density at radius 1 is 0.625 bits per heavy atom. The second-order valence-corrected chi connectivity index (χ2v) is 2.77. The molecule has 0 aliphatic heterocycles. The van der Waals surface area contributed by atoms with Crippen LogP contribution in [0.4, 0.5) is 0 Å². The van der Waals surface area contributed by atoms with Gasteiger partial charge < -0.3 is 0 Å². The van der Waals surface area contributed by atoms with Gasteiger partial charge in [0.2, 0.25) is 0 Å². The predicted octanol–water partition coefficient (Wildman–Crippen LogP) is -5.05. The Labute approximate surface area is 200 Å². The summed E-state index contributed by atoms with van der Waals surface area (Å²) in [5.74, 6) is 0. The standard InChI is InChI=1S/2Bi.Gd.9O.3V.Y/q;+3;;;;;;;;3*-1;;;;. The summed E-state index contributed by atoms with van der Waals surface area (Å²) >= 11 is -11.8. The van der Waals surface area contributed by atoms with Crippen molar-refractivity contribution in [3.8, 4) is 0 Å². The zero-order valence-corrected chi connectivity index (χ0v) is 23.1. The smallest absolute Gasteiger partial charge is 0 e. The van der Waals surface area contributed by atoms with Crippen LogP contribution in [-0.2, 0) is 101 Å². The van der Waals surface area contributed by atoms with Crippen molar-refractivity contribution in [2.45, 2.75) is 0 Å². The minimum atomic E-state index is -3.94. The van der Waals surface area contributed by atoms with E-state index in [0.29, 0.717) is 0 Å². The van der Waals surface area contributed by atoms with E-state index in [1.165, 1.54) is 0 Å². The molecule has 0 aliphatic rings. The number of rotatable bonds is 0. The zero-order chi connectivity index (χ0) is 10.7. The third kappa shape index (κ3) is 270. The Kier molecular flexibility index (Phi) is 98.1. The summed E-state index contributed by atoms with van der Waals surface area (Å²) in [6.45, 7) is 0. The molecule has 0 atom stereocenters. The fourth-order valence-corrected chi connectivity index (χ4v) is 0. The minimum absolute atomic E-state index is 0. The summed E-state index contributed by atoms with van der Waals surface area (Å²) in [5.41, 5.74) is 0. The maximum Gasteiger partial charge on any atom is 0 e. The summed E-state index contributed by atoms with van der Waals surface area (Å²) < 4.78 is 77.1. The van der Waals surface area contributed by atoms with E-state index in [1.807, 2.05) is 0 Å². The second kappa shape index (κ2) is 36.7. The van der Waals surface area contributed by atoms with Crippen molar-refractivity contribution < 1.29 is 153 Å². The van der Waals surface area contributed by atoms with Gasteiger partial charge in [-0.15, -0.1) is 0 Å². The van der Waals surface area contributed by atoms with Gasteiger partial charge in [-0.1, -0.05) is 0 Å². The maximum atomic E-state index is 8.56. The van der Waals surface area contributed by atoms with Gasteiger partial charge in [-0.3, -0.25) is 0 Å². The van der Waals surface area contributed by atoms with Crippen molar-refractivity contribution in [2.75, 3.05) is 0 Å². The van der Waals surface area contributed by atoms with Gasteiger partial charge in [0.1, 0.15) is 0 Å². The van der Waals surface area contributed by atoms with E-state index >= 15 is 0 Å². The Bertz CT molecular complexity index is 222. The molecule has 90 valence electrons. The summed E-state index contributed by atoms with van der Waals surface area (Å²) in [5, 5.41) is 0. The van der Waals surface area contributed by atoms with Crippen LogP contribution < -0.4 is 12.1 Å². The second-order valence-electron chi connectivity index (χ2n) is 0.671. The zero-order valence-electron chi connectivity index (χ0n) is 6.84.